The molecule has 1 saturated heterocycles. The Labute approximate surface area is 161 Å². The van der Waals surface area contributed by atoms with E-state index in [-0.39, 0.29) is 24.2 Å². The summed E-state index contributed by atoms with van der Waals surface area (Å²) in [6, 6.07) is 7.81. The first kappa shape index (κ1) is 17.3. The number of benzene rings is 1. The molecule has 0 saturated carbocycles. The van der Waals surface area contributed by atoms with Crippen LogP contribution in [-0.4, -0.2) is 29.8 Å². The van der Waals surface area contributed by atoms with Gasteiger partial charge >= 0.3 is 0 Å². The monoisotopic (exact) mass is 416 g/mol. The lowest BCUT2D eigenvalue weighted by molar-refractivity contribution is -0.129. The van der Waals surface area contributed by atoms with Gasteiger partial charge in [0, 0.05) is 29.7 Å². The molecule has 2 aliphatic rings. The van der Waals surface area contributed by atoms with Crippen molar-refractivity contribution in [3.05, 3.63) is 51.9 Å². The van der Waals surface area contributed by atoms with E-state index in [0.29, 0.717) is 13.1 Å². The first-order valence-electron chi connectivity index (χ1n) is 8.93. The highest BCUT2D eigenvalue weighted by Gasteiger charge is 2.38. The van der Waals surface area contributed by atoms with Gasteiger partial charge in [0.05, 0.1) is 18.7 Å². The zero-order valence-electron chi connectivity index (χ0n) is 14.7. The normalized spacial score (nSPS) is 19.8. The fourth-order valence-corrected chi connectivity index (χ4v) is 4.66. The summed E-state index contributed by atoms with van der Waals surface area (Å²) < 4.78 is 6.38. The highest BCUT2D eigenvalue weighted by Crippen LogP contribution is 2.35. The topological polar surface area (TPSA) is 53.8 Å². The summed E-state index contributed by atoms with van der Waals surface area (Å²) in [5, 5.41) is 0. The molecule has 4 rings (SSSR count). The van der Waals surface area contributed by atoms with Gasteiger partial charge in [-0.15, -0.1) is 0 Å². The lowest BCUT2D eigenvalue weighted by Crippen LogP contribution is -2.41. The molecule has 3 heterocycles. The van der Waals surface area contributed by atoms with Crippen molar-refractivity contribution >= 4 is 33.4 Å². The van der Waals surface area contributed by atoms with Crippen LogP contribution in [0, 0.1) is 12.8 Å². The van der Waals surface area contributed by atoms with E-state index in [1.165, 1.54) is 5.56 Å². The molecule has 6 heteroatoms. The Kier molecular flexibility index (Phi) is 4.61. The van der Waals surface area contributed by atoms with Crippen LogP contribution >= 0.6 is 15.9 Å². The van der Waals surface area contributed by atoms with E-state index < -0.39 is 0 Å². The second kappa shape index (κ2) is 6.91. The highest BCUT2D eigenvalue weighted by molar-refractivity contribution is 9.10. The van der Waals surface area contributed by atoms with Crippen LogP contribution in [0.15, 0.2) is 39.4 Å². The Morgan fingerprint density at radius 2 is 2.23 bits per heavy atom. The molecule has 0 aliphatic carbocycles. The Morgan fingerprint density at radius 3 is 3.00 bits per heavy atom. The molecule has 0 N–H and O–H groups in total. The minimum absolute atomic E-state index is 0.0181. The summed E-state index contributed by atoms with van der Waals surface area (Å²) in [6.45, 7) is 3.65. The van der Waals surface area contributed by atoms with E-state index in [4.69, 9.17) is 4.42 Å². The van der Waals surface area contributed by atoms with Crippen LogP contribution in [0.3, 0.4) is 0 Å². The second-order valence-electron chi connectivity index (χ2n) is 7.08. The van der Waals surface area contributed by atoms with Gasteiger partial charge in [-0.25, -0.2) is 0 Å². The Hall–Kier alpha value is -2.08. The van der Waals surface area contributed by atoms with Gasteiger partial charge in [0.25, 0.3) is 0 Å². The maximum absolute atomic E-state index is 13.2. The number of anilines is 1. The van der Waals surface area contributed by atoms with E-state index in [1.807, 2.05) is 30.0 Å². The number of halogens is 1. The van der Waals surface area contributed by atoms with Crippen LogP contribution in [0.25, 0.3) is 0 Å². The largest absolute Gasteiger partial charge is 0.467 e. The van der Waals surface area contributed by atoms with Crippen LogP contribution in [0.4, 0.5) is 5.69 Å². The zero-order valence-corrected chi connectivity index (χ0v) is 16.3. The van der Waals surface area contributed by atoms with E-state index in [9.17, 15) is 9.59 Å². The molecule has 1 atom stereocenters. The summed E-state index contributed by atoms with van der Waals surface area (Å²) in [7, 11) is 0. The Balaban J connectivity index is 1.53. The standard InChI is InChI=1S/C20H21BrN2O3/c1-13-8-16(21)9-14-4-2-6-23(19(13)14)20(25)15-10-18(24)22(11-15)12-17-5-3-7-26-17/h3,5,7-9,15H,2,4,6,10-12H2,1H3. The van der Waals surface area contributed by atoms with Crippen molar-refractivity contribution in [3.8, 4) is 0 Å². The number of fused-ring (bicyclic) bond motifs is 1. The van der Waals surface area contributed by atoms with E-state index in [1.54, 1.807) is 11.2 Å². The average Bonchev–Trinajstić information content (AvgIpc) is 3.24. The fraction of sp³-hybridized carbons (Fsp3) is 0.400. The molecule has 26 heavy (non-hydrogen) atoms. The van der Waals surface area contributed by atoms with Crippen molar-refractivity contribution < 1.29 is 14.0 Å². The number of carbonyl (C=O) groups excluding carboxylic acids is 2. The van der Waals surface area contributed by atoms with Crippen molar-refractivity contribution in [1.29, 1.82) is 0 Å². The molecule has 1 fully saturated rings. The smallest absolute Gasteiger partial charge is 0.232 e. The van der Waals surface area contributed by atoms with Crippen molar-refractivity contribution in [3.63, 3.8) is 0 Å². The van der Waals surface area contributed by atoms with Crippen LogP contribution in [-0.2, 0) is 22.6 Å². The summed E-state index contributed by atoms with van der Waals surface area (Å²) in [4.78, 5) is 29.2. The molecule has 2 aromatic rings. The first-order chi connectivity index (χ1) is 12.5. The van der Waals surface area contributed by atoms with Gasteiger partial charge in [-0.3, -0.25) is 9.59 Å². The number of nitrogens with zero attached hydrogens (tertiary/aromatic N) is 2. The first-order valence-corrected chi connectivity index (χ1v) is 9.73. The van der Waals surface area contributed by atoms with Crippen LogP contribution < -0.4 is 4.90 Å². The predicted octanol–water partition coefficient (Wildman–Crippen LogP) is 3.68. The number of furan rings is 1. The zero-order chi connectivity index (χ0) is 18.3. The van der Waals surface area contributed by atoms with Crippen molar-refractivity contribution in [1.82, 2.24) is 4.90 Å². The van der Waals surface area contributed by atoms with Gasteiger partial charge in [-0.2, -0.15) is 0 Å². The van der Waals surface area contributed by atoms with E-state index >= 15 is 0 Å². The molecular weight excluding hydrogens is 396 g/mol. The molecule has 2 aliphatic heterocycles. The average molecular weight is 417 g/mol. The quantitative estimate of drug-likeness (QED) is 0.766. The SMILES string of the molecule is Cc1cc(Br)cc2c1N(C(=O)C1CC(=O)N(Cc3ccco3)C1)CCC2. The molecule has 0 spiro atoms. The maximum Gasteiger partial charge on any atom is 0.232 e. The predicted molar refractivity (Wildman–Crippen MR) is 102 cm³/mol. The van der Waals surface area contributed by atoms with Gasteiger partial charge in [0.1, 0.15) is 5.76 Å². The van der Waals surface area contributed by atoms with Gasteiger partial charge in [-0.05, 0) is 55.2 Å². The number of carbonyl (C=O) groups is 2. The Bertz CT molecular complexity index is 847. The van der Waals surface area contributed by atoms with Gasteiger partial charge in [0.15, 0.2) is 0 Å². The van der Waals surface area contributed by atoms with Crippen molar-refractivity contribution in [2.75, 3.05) is 18.0 Å². The lowest BCUT2D eigenvalue weighted by atomic mass is 9.96. The summed E-state index contributed by atoms with van der Waals surface area (Å²) in [5.41, 5.74) is 3.33. The van der Waals surface area contributed by atoms with Crippen LogP contribution in [0.2, 0.25) is 0 Å². The number of rotatable bonds is 3. The molecule has 5 nitrogen and oxygen atoms in total. The van der Waals surface area contributed by atoms with E-state index in [2.05, 4.69) is 22.0 Å². The van der Waals surface area contributed by atoms with Crippen molar-refractivity contribution in [2.24, 2.45) is 5.92 Å². The summed E-state index contributed by atoms with van der Waals surface area (Å²) in [5.74, 6) is 0.540. The molecular formula is C20H21BrN2O3. The number of hydrogen-bond donors (Lipinski definition) is 0. The van der Waals surface area contributed by atoms with Gasteiger partial charge < -0.3 is 14.2 Å². The molecule has 2 amide bonds. The molecule has 1 aromatic heterocycles. The number of likely N-dealkylation sites (tertiary alicyclic amines) is 1. The number of hydrogen-bond acceptors (Lipinski definition) is 3. The molecule has 0 bridgehead atoms. The third kappa shape index (κ3) is 3.18. The van der Waals surface area contributed by atoms with E-state index in [0.717, 1.165) is 40.9 Å². The molecule has 1 aromatic carbocycles. The lowest BCUT2D eigenvalue weighted by Gasteiger charge is -2.33. The van der Waals surface area contributed by atoms with Crippen molar-refractivity contribution in [2.45, 2.75) is 32.7 Å². The molecule has 136 valence electrons. The van der Waals surface area contributed by atoms with Gasteiger partial charge in [0.2, 0.25) is 11.8 Å². The number of aryl methyl sites for hydroxylation is 2. The minimum atomic E-state index is -0.286. The fourth-order valence-electron chi connectivity index (χ4n) is 4.04. The maximum atomic E-state index is 13.2. The third-order valence-electron chi connectivity index (χ3n) is 5.20. The van der Waals surface area contributed by atoms with Crippen LogP contribution in [0.1, 0.15) is 29.7 Å². The minimum Gasteiger partial charge on any atom is -0.467 e. The number of amides is 2. The summed E-state index contributed by atoms with van der Waals surface area (Å²) in [6.07, 6.45) is 3.81. The Morgan fingerprint density at radius 1 is 1.38 bits per heavy atom. The molecule has 0 radical (unpaired) electrons. The van der Waals surface area contributed by atoms with Gasteiger partial charge in [-0.1, -0.05) is 15.9 Å². The van der Waals surface area contributed by atoms with Crippen LogP contribution in [0.5, 0.6) is 0 Å². The second-order valence-corrected chi connectivity index (χ2v) is 7.99. The highest BCUT2D eigenvalue weighted by atomic mass is 79.9. The summed E-state index contributed by atoms with van der Waals surface area (Å²) >= 11 is 3.54. The molecule has 1 unspecified atom stereocenters. The third-order valence-corrected chi connectivity index (χ3v) is 5.66.